The minimum Gasteiger partial charge on any atom is -0.495 e. The van der Waals surface area contributed by atoms with Gasteiger partial charge >= 0.3 is 0 Å². The number of nitro groups is 1. The molecular formula is C18H22N4O7S. The van der Waals surface area contributed by atoms with E-state index in [1.54, 1.807) is 13.8 Å². The third kappa shape index (κ3) is 5.02. The van der Waals surface area contributed by atoms with Gasteiger partial charge in [-0.05, 0) is 12.1 Å². The lowest BCUT2D eigenvalue weighted by atomic mass is 10.2. The van der Waals surface area contributed by atoms with Gasteiger partial charge in [0.2, 0.25) is 15.9 Å². The second-order valence-corrected chi connectivity index (χ2v) is 8.05. The number of nitrogens with one attached hydrogen (secondary N) is 1. The van der Waals surface area contributed by atoms with Crippen LogP contribution in [0.15, 0.2) is 46.2 Å². The zero-order valence-electron chi connectivity index (χ0n) is 16.7. The molecule has 1 aromatic heterocycles. The maximum absolute atomic E-state index is 12.6. The van der Waals surface area contributed by atoms with Crippen molar-refractivity contribution in [3.8, 4) is 5.75 Å². The highest BCUT2D eigenvalue weighted by Crippen LogP contribution is 2.28. The number of carbonyl (C=O) groups is 1. The Kier molecular flexibility index (Phi) is 7.29. The minimum atomic E-state index is -3.81. The van der Waals surface area contributed by atoms with Gasteiger partial charge in [0.15, 0.2) is 0 Å². The summed E-state index contributed by atoms with van der Waals surface area (Å²) < 4.78 is 32.6. The summed E-state index contributed by atoms with van der Waals surface area (Å²) in [5, 5.41) is 13.4. The Hall–Kier alpha value is -3.25. The van der Waals surface area contributed by atoms with Crippen molar-refractivity contribution in [3.63, 3.8) is 0 Å². The van der Waals surface area contributed by atoms with Crippen LogP contribution in [-0.2, 0) is 21.4 Å². The molecule has 12 heteroatoms. The molecule has 2 rings (SSSR count). The summed E-state index contributed by atoms with van der Waals surface area (Å²) in [6.45, 7) is 3.40. The fourth-order valence-electron chi connectivity index (χ4n) is 2.75. The van der Waals surface area contributed by atoms with E-state index in [0.29, 0.717) is 0 Å². The first-order valence-corrected chi connectivity index (χ1v) is 10.4. The van der Waals surface area contributed by atoms with Crippen molar-refractivity contribution in [1.82, 2.24) is 8.87 Å². The van der Waals surface area contributed by atoms with Crippen molar-refractivity contribution in [2.45, 2.75) is 25.3 Å². The van der Waals surface area contributed by atoms with Crippen LogP contribution in [0.1, 0.15) is 13.8 Å². The lowest BCUT2D eigenvalue weighted by molar-refractivity contribution is -0.384. The first-order chi connectivity index (χ1) is 14.1. The molecule has 11 nitrogen and oxygen atoms in total. The second kappa shape index (κ2) is 9.50. The highest BCUT2D eigenvalue weighted by Gasteiger charge is 2.23. The van der Waals surface area contributed by atoms with E-state index in [1.165, 1.54) is 29.6 Å². The van der Waals surface area contributed by atoms with E-state index in [-0.39, 0.29) is 35.1 Å². The van der Waals surface area contributed by atoms with Crippen molar-refractivity contribution in [2.24, 2.45) is 0 Å². The molecule has 0 atom stereocenters. The average molecular weight is 438 g/mol. The molecule has 0 radical (unpaired) electrons. The average Bonchev–Trinajstić information content (AvgIpc) is 2.70. The predicted octanol–water partition coefficient (Wildman–Crippen LogP) is 1.43. The number of hydrogen-bond acceptors (Lipinski definition) is 7. The molecule has 1 amide bonds. The van der Waals surface area contributed by atoms with Crippen LogP contribution in [-0.4, -0.2) is 48.3 Å². The number of nitro benzene ring substituents is 1. The SMILES string of the molecule is CCN(CC)S(=O)(=O)c1ccc(=O)n(CC(=O)Nc2cc([N+](=O)[O-])ccc2OC)c1. The molecule has 0 fully saturated rings. The van der Waals surface area contributed by atoms with Crippen LogP contribution in [0.5, 0.6) is 5.75 Å². The standard InChI is InChI=1S/C18H22N4O7S/c1-4-21(5-2)30(27,28)14-7-9-18(24)20(11-14)12-17(23)19-15-10-13(22(25)26)6-8-16(15)29-3/h6-11H,4-5,12H2,1-3H3,(H,19,23). The van der Waals surface area contributed by atoms with Gasteiger partial charge in [0.1, 0.15) is 12.3 Å². The summed E-state index contributed by atoms with van der Waals surface area (Å²) in [5.41, 5.74) is -0.776. The minimum absolute atomic E-state index is 0.0525. The fraction of sp³-hybridized carbons (Fsp3) is 0.333. The lowest BCUT2D eigenvalue weighted by Crippen LogP contribution is -2.33. The lowest BCUT2D eigenvalue weighted by Gasteiger charge is -2.19. The molecule has 1 N–H and O–H groups in total. The van der Waals surface area contributed by atoms with Crippen LogP contribution in [0.3, 0.4) is 0 Å². The van der Waals surface area contributed by atoms with Gasteiger partial charge in [0.25, 0.3) is 11.2 Å². The quantitative estimate of drug-likeness (QED) is 0.461. The van der Waals surface area contributed by atoms with E-state index in [4.69, 9.17) is 4.74 Å². The Balaban J connectivity index is 2.31. The molecule has 0 bridgehead atoms. The molecule has 162 valence electrons. The summed E-state index contributed by atoms with van der Waals surface area (Å²) in [5.74, 6) is -0.493. The van der Waals surface area contributed by atoms with E-state index in [2.05, 4.69) is 5.32 Å². The Morgan fingerprint density at radius 2 is 1.90 bits per heavy atom. The summed E-state index contributed by atoms with van der Waals surface area (Å²) in [7, 11) is -2.48. The van der Waals surface area contributed by atoms with Crippen LogP contribution >= 0.6 is 0 Å². The topological polar surface area (TPSA) is 141 Å². The van der Waals surface area contributed by atoms with Gasteiger partial charge in [0, 0.05) is 37.5 Å². The number of nitrogens with zero attached hydrogens (tertiary/aromatic N) is 3. The largest absolute Gasteiger partial charge is 0.495 e. The van der Waals surface area contributed by atoms with Crippen molar-refractivity contribution < 1.29 is 22.9 Å². The highest BCUT2D eigenvalue weighted by molar-refractivity contribution is 7.89. The molecule has 0 unspecified atom stereocenters. The number of pyridine rings is 1. The first-order valence-electron chi connectivity index (χ1n) is 8.97. The van der Waals surface area contributed by atoms with E-state index < -0.39 is 33.0 Å². The number of non-ortho nitro benzene ring substituents is 1. The molecule has 0 aliphatic rings. The number of hydrogen-bond donors (Lipinski definition) is 1. The fourth-order valence-corrected chi connectivity index (χ4v) is 4.23. The molecule has 1 aromatic carbocycles. The van der Waals surface area contributed by atoms with E-state index >= 15 is 0 Å². The molecular weight excluding hydrogens is 416 g/mol. The van der Waals surface area contributed by atoms with Gasteiger partial charge in [-0.3, -0.25) is 19.7 Å². The molecule has 1 heterocycles. The van der Waals surface area contributed by atoms with Gasteiger partial charge in [-0.25, -0.2) is 8.42 Å². The zero-order valence-corrected chi connectivity index (χ0v) is 17.5. The van der Waals surface area contributed by atoms with Gasteiger partial charge in [0.05, 0.1) is 22.6 Å². The molecule has 0 aliphatic carbocycles. The number of sulfonamides is 1. The molecule has 0 saturated heterocycles. The number of methoxy groups -OCH3 is 1. The van der Waals surface area contributed by atoms with Crippen LogP contribution in [0.25, 0.3) is 0 Å². The molecule has 0 spiro atoms. The Labute approximate surface area is 173 Å². The normalized spacial score (nSPS) is 11.3. The van der Waals surface area contributed by atoms with E-state index in [1.807, 2.05) is 0 Å². The maximum atomic E-state index is 12.6. The second-order valence-electron chi connectivity index (χ2n) is 6.11. The summed E-state index contributed by atoms with van der Waals surface area (Å²) in [6, 6.07) is 5.93. The van der Waals surface area contributed by atoms with Gasteiger partial charge in [-0.2, -0.15) is 4.31 Å². The van der Waals surface area contributed by atoms with Crippen molar-refractivity contribution >= 4 is 27.3 Å². The zero-order chi connectivity index (χ0) is 22.5. The number of anilines is 1. The third-order valence-electron chi connectivity index (χ3n) is 4.28. The molecule has 0 aliphatic heterocycles. The number of benzene rings is 1. The Morgan fingerprint density at radius 1 is 1.23 bits per heavy atom. The molecule has 2 aromatic rings. The van der Waals surface area contributed by atoms with Gasteiger partial charge in [-0.15, -0.1) is 0 Å². The Morgan fingerprint density at radius 3 is 2.47 bits per heavy atom. The van der Waals surface area contributed by atoms with Crippen molar-refractivity contribution in [3.05, 3.63) is 57.0 Å². The monoisotopic (exact) mass is 438 g/mol. The van der Waals surface area contributed by atoms with Crippen LogP contribution in [0.4, 0.5) is 11.4 Å². The van der Waals surface area contributed by atoms with Crippen molar-refractivity contribution in [1.29, 1.82) is 0 Å². The first kappa shape index (κ1) is 23.0. The van der Waals surface area contributed by atoms with Crippen molar-refractivity contribution in [2.75, 3.05) is 25.5 Å². The number of rotatable bonds is 9. The number of carbonyl (C=O) groups excluding carboxylic acids is 1. The highest BCUT2D eigenvalue weighted by atomic mass is 32.2. The summed E-state index contributed by atoms with van der Waals surface area (Å²) >= 11 is 0. The van der Waals surface area contributed by atoms with E-state index in [0.717, 1.165) is 22.9 Å². The number of aromatic nitrogens is 1. The molecule has 0 saturated carbocycles. The number of ether oxygens (including phenoxy) is 1. The van der Waals surface area contributed by atoms with Crippen LogP contribution in [0.2, 0.25) is 0 Å². The van der Waals surface area contributed by atoms with Crippen LogP contribution < -0.4 is 15.6 Å². The summed E-state index contributed by atoms with van der Waals surface area (Å²) in [4.78, 5) is 34.8. The predicted molar refractivity (Wildman–Crippen MR) is 109 cm³/mol. The third-order valence-corrected chi connectivity index (χ3v) is 6.31. The molecule has 30 heavy (non-hydrogen) atoms. The van der Waals surface area contributed by atoms with Gasteiger partial charge < -0.3 is 14.6 Å². The maximum Gasteiger partial charge on any atom is 0.271 e. The smallest absolute Gasteiger partial charge is 0.271 e. The summed E-state index contributed by atoms with van der Waals surface area (Å²) in [6.07, 6.45) is 1.10. The van der Waals surface area contributed by atoms with Gasteiger partial charge in [-0.1, -0.05) is 13.8 Å². The van der Waals surface area contributed by atoms with E-state index in [9.17, 15) is 28.1 Å². The number of amides is 1. The van der Waals surface area contributed by atoms with Crippen LogP contribution in [0, 0.1) is 10.1 Å². The Bertz CT molecular complexity index is 1110.